The number of alkyl halides is 2. The molecule has 0 fully saturated rings. The number of ether oxygens (including phenoxy) is 1. The van der Waals surface area contributed by atoms with Crippen LogP contribution in [0.15, 0.2) is 17.0 Å². The molecule has 0 radical (unpaired) electrons. The number of nitrogens with zero attached hydrogens (tertiary/aromatic N) is 1. The zero-order valence-corrected chi connectivity index (χ0v) is 10.7. The number of benzene rings is 1. The summed E-state index contributed by atoms with van der Waals surface area (Å²) in [5.41, 5.74) is 0.417. The summed E-state index contributed by atoms with van der Waals surface area (Å²) in [5.74, 6) is -0.587. The van der Waals surface area contributed by atoms with Crippen LogP contribution in [-0.2, 0) is 9.05 Å². The van der Waals surface area contributed by atoms with Crippen molar-refractivity contribution in [2.45, 2.75) is 11.5 Å². The molecule has 0 saturated heterocycles. The van der Waals surface area contributed by atoms with Crippen LogP contribution in [0.4, 0.5) is 8.78 Å². The highest BCUT2D eigenvalue weighted by Crippen LogP contribution is 2.32. The molecule has 2 aromatic rings. The van der Waals surface area contributed by atoms with Gasteiger partial charge in [-0.15, -0.1) is 0 Å². The third kappa shape index (κ3) is 2.65. The summed E-state index contributed by atoms with van der Waals surface area (Å²) >= 11 is 5.57. The number of hydrogen-bond donors (Lipinski definition) is 1. The second-order valence-corrected chi connectivity index (χ2v) is 6.05. The van der Waals surface area contributed by atoms with E-state index in [-0.39, 0.29) is 16.3 Å². The van der Waals surface area contributed by atoms with Crippen LogP contribution < -0.4 is 4.74 Å². The van der Waals surface area contributed by atoms with E-state index in [9.17, 15) is 17.2 Å². The smallest absolute Gasteiger partial charge is 0.387 e. The Kier molecular flexibility index (Phi) is 3.35. The van der Waals surface area contributed by atoms with Crippen LogP contribution in [0.2, 0.25) is 5.28 Å². The number of H-pyrrole nitrogens is 1. The van der Waals surface area contributed by atoms with Crippen molar-refractivity contribution in [1.29, 1.82) is 0 Å². The highest BCUT2D eigenvalue weighted by molar-refractivity contribution is 8.13. The molecule has 0 spiro atoms. The normalized spacial score (nSPS) is 12.3. The standard InChI is InChI=1S/C8H4Cl2F2N2O3S/c9-7-13-3-1-5(17-8(11)12)6(18(10,15)16)2-4(3)14-7/h1-2,8H,(H,13,14). The van der Waals surface area contributed by atoms with Gasteiger partial charge in [-0.05, 0) is 17.7 Å². The van der Waals surface area contributed by atoms with Crippen LogP contribution in [0, 0.1) is 0 Å². The van der Waals surface area contributed by atoms with E-state index in [0.717, 1.165) is 12.1 Å². The van der Waals surface area contributed by atoms with Crippen molar-refractivity contribution in [3.63, 3.8) is 0 Å². The van der Waals surface area contributed by atoms with Gasteiger partial charge in [-0.25, -0.2) is 13.4 Å². The topological polar surface area (TPSA) is 72.0 Å². The molecular weight excluding hydrogens is 313 g/mol. The monoisotopic (exact) mass is 316 g/mol. The largest absolute Gasteiger partial charge is 0.433 e. The molecule has 1 N–H and O–H groups in total. The summed E-state index contributed by atoms with van der Waals surface area (Å²) in [5, 5.41) is -0.0166. The van der Waals surface area contributed by atoms with Crippen molar-refractivity contribution in [3.05, 3.63) is 17.4 Å². The second kappa shape index (κ2) is 4.52. The van der Waals surface area contributed by atoms with Gasteiger partial charge in [0, 0.05) is 16.7 Å². The molecule has 0 atom stereocenters. The Balaban J connectivity index is 2.71. The average Bonchev–Trinajstić information content (AvgIpc) is 2.53. The van der Waals surface area contributed by atoms with Gasteiger partial charge in [-0.2, -0.15) is 8.78 Å². The summed E-state index contributed by atoms with van der Waals surface area (Å²) in [6.07, 6.45) is 0. The molecule has 0 aliphatic heterocycles. The van der Waals surface area contributed by atoms with Crippen molar-refractivity contribution < 1.29 is 21.9 Å². The Bertz CT molecular complexity index is 702. The Hall–Kier alpha value is -1.12. The first-order valence-corrected chi connectivity index (χ1v) is 7.05. The van der Waals surface area contributed by atoms with Gasteiger partial charge in [-0.3, -0.25) is 0 Å². The number of rotatable bonds is 3. The van der Waals surface area contributed by atoms with Gasteiger partial charge in [0.2, 0.25) is 5.28 Å². The predicted octanol–water partition coefficient (Wildman–Crippen LogP) is 2.75. The number of fused-ring (bicyclic) bond motifs is 1. The Morgan fingerprint density at radius 1 is 1.39 bits per heavy atom. The van der Waals surface area contributed by atoms with E-state index < -0.39 is 26.3 Å². The molecule has 0 saturated carbocycles. The molecular formula is C8H4Cl2F2N2O3S. The first-order valence-electron chi connectivity index (χ1n) is 4.36. The van der Waals surface area contributed by atoms with Gasteiger partial charge in [0.15, 0.2) is 0 Å². The van der Waals surface area contributed by atoms with E-state index in [4.69, 9.17) is 22.3 Å². The fraction of sp³-hybridized carbons (Fsp3) is 0.125. The van der Waals surface area contributed by atoms with Crippen LogP contribution >= 0.6 is 22.3 Å². The van der Waals surface area contributed by atoms with Crippen molar-refractivity contribution in [2.75, 3.05) is 0 Å². The Labute approximate surface area is 109 Å². The minimum atomic E-state index is -4.24. The minimum Gasteiger partial charge on any atom is -0.433 e. The molecule has 0 amide bonds. The van der Waals surface area contributed by atoms with E-state index in [0.29, 0.717) is 0 Å². The van der Waals surface area contributed by atoms with E-state index in [2.05, 4.69) is 14.7 Å². The highest BCUT2D eigenvalue weighted by atomic mass is 35.7. The molecule has 0 aliphatic rings. The number of aromatic nitrogens is 2. The molecule has 1 aromatic heterocycles. The molecule has 5 nitrogen and oxygen atoms in total. The lowest BCUT2D eigenvalue weighted by atomic mass is 10.3. The van der Waals surface area contributed by atoms with Crippen LogP contribution in [-0.4, -0.2) is 25.0 Å². The highest BCUT2D eigenvalue weighted by Gasteiger charge is 2.21. The summed E-state index contributed by atoms with van der Waals surface area (Å²) in [6, 6.07) is 2.04. The van der Waals surface area contributed by atoms with Gasteiger partial charge in [0.1, 0.15) is 10.6 Å². The molecule has 1 heterocycles. The average molecular weight is 317 g/mol. The molecule has 1 aromatic carbocycles. The first-order chi connectivity index (χ1) is 8.27. The van der Waals surface area contributed by atoms with Crippen molar-refractivity contribution >= 4 is 42.4 Å². The van der Waals surface area contributed by atoms with E-state index in [1.807, 2.05) is 0 Å². The maximum atomic E-state index is 12.2. The quantitative estimate of drug-likeness (QED) is 0.884. The maximum Gasteiger partial charge on any atom is 0.387 e. The molecule has 0 bridgehead atoms. The molecule has 10 heteroatoms. The van der Waals surface area contributed by atoms with E-state index in [1.54, 1.807) is 0 Å². The number of hydrogen-bond acceptors (Lipinski definition) is 4. The minimum absolute atomic E-state index is 0.0166. The second-order valence-electron chi connectivity index (χ2n) is 3.16. The van der Waals surface area contributed by atoms with Crippen LogP contribution in [0.5, 0.6) is 5.75 Å². The lowest BCUT2D eigenvalue weighted by Gasteiger charge is -2.08. The molecule has 18 heavy (non-hydrogen) atoms. The third-order valence-electron chi connectivity index (χ3n) is 2.00. The fourth-order valence-electron chi connectivity index (χ4n) is 1.37. The Morgan fingerprint density at radius 2 is 2.06 bits per heavy atom. The van der Waals surface area contributed by atoms with Crippen LogP contribution in [0.25, 0.3) is 11.0 Å². The summed E-state index contributed by atoms with van der Waals surface area (Å²) in [7, 11) is 0.896. The maximum absolute atomic E-state index is 12.2. The molecule has 0 unspecified atom stereocenters. The first kappa shape index (κ1) is 13.3. The summed E-state index contributed by atoms with van der Waals surface area (Å²) in [4.78, 5) is 5.71. The van der Waals surface area contributed by atoms with E-state index >= 15 is 0 Å². The SMILES string of the molecule is O=S(=O)(Cl)c1cc2[nH]c(Cl)nc2cc1OC(F)F. The van der Waals surface area contributed by atoms with Crippen molar-refractivity contribution in [2.24, 2.45) is 0 Å². The van der Waals surface area contributed by atoms with Crippen LogP contribution in [0.1, 0.15) is 0 Å². The number of aromatic amines is 1. The Morgan fingerprint density at radius 3 is 2.61 bits per heavy atom. The van der Waals surface area contributed by atoms with Gasteiger partial charge >= 0.3 is 6.61 Å². The summed E-state index contributed by atoms with van der Waals surface area (Å²) in [6.45, 7) is -3.19. The molecule has 0 aliphatic carbocycles. The molecule has 2 rings (SSSR count). The van der Waals surface area contributed by atoms with Crippen molar-refractivity contribution in [1.82, 2.24) is 9.97 Å². The van der Waals surface area contributed by atoms with E-state index in [1.165, 1.54) is 0 Å². The van der Waals surface area contributed by atoms with Gasteiger partial charge in [0.05, 0.1) is 11.0 Å². The zero-order valence-electron chi connectivity index (χ0n) is 8.32. The zero-order chi connectivity index (χ0) is 13.5. The van der Waals surface area contributed by atoms with Gasteiger partial charge < -0.3 is 9.72 Å². The third-order valence-corrected chi connectivity index (χ3v) is 3.52. The van der Waals surface area contributed by atoms with Crippen LogP contribution in [0.3, 0.4) is 0 Å². The molecule has 98 valence electrons. The number of nitrogens with one attached hydrogen (secondary N) is 1. The fourth-order valence-corrected chi connectivity index (χ4v) is 2.53. The van der Waals surface area contributed by atoms with Crippen molar-refractivity contribution in [3.8, 4) is 5.75 Å². The lowest BCUT2D eigenvalue weighted by molar-refractivity contribution is -0.0516. The van der Waals surface area contributed by atoms with Gasteiger partial charge in [0.25, 0.3) is 9.05 Å². The lowest BCUT2D eigenvalue weighted by Crippen LogP contribution is -2.05. The summed E-state index contributed by atoms with van der Waals surface area (Å²) < 4.78 is 51.0. The predicted molar refractivity (Wildman–Crippen MR) is 60.8 cm³/mol. The number of imidazole rings is 1. The van der Waals surface area contributed by atoms with Gasteiger partial charge in [-0.1, -0.05) is 0 Å². The number of halogens is 4.